The number of carbonyl (C=O) groups is 1. The maximum absolute atomic E-state index is 10.7. The van der Waals surface area contributed by atoms with Gasteiger partial charge in [-0.1, -0.05) is 23.8 Å². The number of hydrogen-bond donors (Lipinski definition) is 1. The summed E-state index contributed by atoms with van der Waals surface area (Å²) in [5.41, 5.74) is 4.80. The highest BCUT2D eigenvalue weighted by Gasteiger charge is 2.16. The highest BCUT2D eigenvalue weighted by atomic mass is 16.4. The molecule has 0 fully saturated rings. The highest BCUT2D eigenvalue weighted by Crippen LogP contribution is 2.27. The van der Waals surface area contributed by atoms with E-state index in [0.717, 1.165) is 0 Å². The zero-order chi connectivity index (χ0) is 13.9. The maximum Gasteiger partial charge on any atom is 0.328 e. The molecule has 98 valence electrons. The first-order valence-electron chi connectivity index (χ1n) is 5.98. The fourth-order valence-electron chi connectivity index (χ4n) is 2.36. The van der Waals surface area contributed by atoms with Crippen molar-refractivity contribution in [3.05, 3.63) is 46.5 Å². The van der Waals surface area contributed by atoms with E-state index in [1.165, 1.54) is 28.3 Å². The fourth-order valence-corrected chi connectivity index (χ4v) is 2.36. The molecule has 1 N–H and O–H groups in total. The van der Waals surface area contributed by atoms with Crippen molar-refractivity contribution >= 4 is 5.97 Å². The zero-order valence-corrected chi connectivity index (χ0v) is 11.7. The normalized spacial score (nSPS) is 13.2. The zero-order valence-electron chi connectivity index (χ0n) is 11.7. The SMILES string of the molecule is Cc1cc(C)c(C(/C=C/C(=O)O)N(C)C)c(C)c1. The number of aliphatic carboxylic acids is 1. The van der Waals surface area contributed by atoms with Crippen LogP contribution in [0.25, 0.3) is 0 Å². The second kappa shape index (κ2) is 5.83. The van der Waals surface area contributed by atoms with Crippen LogP contribution in [0.3, 0.4) is 0 Å². The van der Waals surface area contributed by atoms with E-state index in [4.69, 9.17) is 5.11 Å². The Balaban J connectivity index is 3.26. The Kier molecular flexibility index (Phi) is 4.68. The van der Waals surface area contributed by atoms with Crippen LogP contribution in [0.5, 0.6) is 0 Å². The molecule has 1 atom stereocenters. The number of rotatable bonds is 4. The van der Waals surface area contributed by atoms with Crippen molar-refractivity contribution in [3.8, 4) is 0 Å². The van der Waals surface area contributed by atoms with Gasteiger partial charge in [-0.05, 0) is 51.6 Å². The van der Waals surface area contributed by atoms with Crippen LogP contribution in [0.1, 0.15) is 28.3 Å². The van der Waals surface area contributed by atoms with Gasteiger partial charge in [0.2, 0.25) is 0 Å². The molecule has 18 heavy (non-hydrogen) atoms. The smallest absolute Gasteiger partial charge is 0.328 e. The third-order valence-electron chi connectivity index (χ3n) is 3.01. The van der Waals surface area contributed by atoms with Crippen LogP contribution in [0.2, 0.25) is 0 Å². The summed E-state index contributed by atoms with van der Waals surface area (Å²) in [6, 6.07) is 4.25. The molecule has 1 unspecified atom stereocenters. The van der Waals surface area contributed by atoms with Gasteiger partial charge in [-0.2, -0.15) is 0 Å². The van der Waals surface area contributed by atoms with Gasteiger partial charge in [0.15, 0.2) is 0 Å². The second-order valence-corrected chi connectivity index (χ2v) is 4.92. The average molecular weight is 247 g/mol. The molecule has 1 aromatic carbocycles. The van der Waals surface area contributed by atoms with Gasteiger partial charge in [0.1, 0.15) is 0 Å². The third kappa shape index (κ3) is 3.44. The summed E-state index contributed by atoms with van der Waals surface area (Å²) < 4.78 is 0. The minimum absolute atomic E-state index is 0.0123. The van der Waals surface area contributed by atoms with Crippen molar-refractivity contribution in [2.75, 3.05) is 14.1 Å². The summed E-state index contributed by atoms with van der Waals surface area (Å²) in [7, 11) is 3.91. The van der Waals surface area contributed by atoms with E-state index >= 15 is 0 Å². The molecule has 0 aliphatic carbocycles. The number of nitrogens with zero attached hydrogens (tertiary/aromatic N) is 1. The van der Waals surface area contributed by atoms with Crippen LogP contribution in [0.15, 0.2) is 24.3 Å². The van der Waals surface area contributed by atoms with Crippen molar-refractivity contribution in [2.24, 2.45) is 0 Å². The summed E-state index contributed by atoms with van der Waals surface area (Å²) in [5, 5.41) is 8.77. The Bertz CT molecular complexity index is 452. The lowest BCUT2D eigenvalue weighted by Gasteiger charge is -2.25. The molecular formula is C15H21NO2. The molecule has 0 spiro atoms. The van der Waals surface area contributed by atoms with E-state index in [-0.39, 0.29) is 6.04 Å². The Morgan fingerprint density at radius 3 is 2.11 bits per heavy atom. The quantitative estimate of drug-likeness (QED) is 0.832. The molecule has 0 aromatic heterocycles. The largest absolute Gasteiger partial charge is 0.478 e. The molecular weight excluding hydrogens is 226 g/mol. The number of aryl methyl sites for hydroxylation is 3. The molecule has 1 aromatic rings. The molecule has 0 aliphatic heterocycles. The highest BCUT2D eigenvalue weighted by molar-refractivity contribution is 5.79. The van der Waals surface area contributed by atoms with E-state index in [0.29, 0.717) is 0 Å². The van der Waals surface area contributed by atoms with E-state index in [2.05, 4.69) is 32.9 Å². The number of carboxylic acids is 1. The number of carboxylic acid groups (broad SMARTS) is 1. The van der Waals surface area contributed by atoms with Gasteiger partial charge < -0.3 is 5.11 Å². The van der Waals surface area contributed by atoms with Crippen molar-refractivity contribution in [1.82, 2.24) is 4.90 Å². The minimum Gasteiger partial charge on any atom is -0.478 e. The molecule has 3 heteroatoms. The van der Waals surface area contributed by atoms with Crippen LogP contribution >= 0.6 is 0 Å². The van der Waals surface area contributed by atoms with Crippen LogP contribution < -0.4 is 0 Å². The number of hydrogen-bond acceptors (Lipinski definition) is 2. The topological polar surface area (TPSA) is 40.5 Å². The van der Waals surface area contributed by atoms with E-state index in [1.54, 1.807) is 6.08 Å². The van der Waals surface area contributed by atoms with E-state index in [9.17, 15) is 4.79 Å². The predicted octanol–water partition coefficient (Wildman–Crippen LogP) is 2.86. The molecule has 0 heterocycles. The number of benzene rings is 1. The first kappa shape index (κ1) is 14.5. The standard InChI is InChI=1S/C15H21NO2/c1-10-8-11(2)15(12(3)9-10)13(16(4)5)6-7-14(17)18/h6-9,13H,1-5H3,(H,17,18)/b7-6+. The van der Waals surface area contributed by atoms with Gasteiger partial charge in [0, 0.05) is 6.08 Å². The lowest BCUT2D eigenvalue weighted by Crippen LogP contribution is -2.20. The molecule has 3 nitrogen and oxygen atoms in total. The second-order valence-electron chi connectivity index (χ2n) is 4.92. The van der Waals surface area contributed by atoms with Gasteiger partial charge in [-0.15, -0.1) is 0 Å². The molecule has 0 amide bonds. The van der Waals surface area contributed by atoms with Gasteiger partial charge in [0.05, 0.1) is 6.04 Å². The predicted molar refractivity (Wildman–Crippen MR) is 73.9 cm³/mol. The Hall–Kier alpha value is -1.61. The molecule has 0 bridgehead atoms. The Morgan fingerprint density at radius 2 is 1.72 bits per heavy atom. The minimum atomic E-state index is -0.913. The lowest BCUT2D eigenvalue weighted by atomic mass is 9.93. The monoisotopic (exact) mass is 247 g/mol. The number of likely N-dealkylation sites (N-methyl/N-ethyl adjacent to an activating group) is 1. The summed E-state index contributed by atoms with van der Waals surface area (Å²) in [4.78, 5) is 12.7. The van der Waals surface area contributed by atoms with Gasteiger partial charge in [-0.25, -0.2) is 4.79 Å². The van der Waals surface area contributed by atoms with E-state index < -0.39 is 5.97 Å². The van der Waals surface area contributed by atoms with Gasteiger partial charge in [-0.3, -0.25) is 4.90 Å². The third-order valence-corrected chi connectivity index (χ3v) is 3.01. The fraction of sp³-hybridized carbons (Fsp3) is 0.400. The lowest BCUT2D eigenvalue weighted by molar-refractivity contribution is -0.131. The van der Waals surface area contributed by atoms with Crippen molar-refractivity contribution in [2.45, 2.75) is 26.8 Å². The maximum atomic E-state index is 10.7. The van der Waals surface area contributed by atoms with Gasteiger partial charge >= 0.3 is 5.97 Å². The molecule has 0 aliphatic rings. The summed E-state index contributed by atoms with van der Waals surface area (Å²) >= 11 is 0. The van der Waals surface area contributed by atoms with Crippen molar-refractivity contribution in [3.63, 3.8) is 0 Å². The van der Waals surface area contributed by atoms with Crippen LogP contribution in [-0.2, 0) is 4.79 Å². The first-order valence-corrected chi connectivity index (χ1v) is 5.98. The molecule has 1 rings (SSSR count). The van der Waals surface area contributed by atoms with E-state index in [1.807, 2.05) is 19.0 Å². The average Bonchev–Trinajstić information content (AvgIpc) is 2.20. The van der Waals surface area contributed by atoms with Crippen LogP contribution in [0, 0.1) is 20.8 Å². The molecule has 0 saturated carbocycles. The summed E-state index contributed by atoms with van der Waals surface area (Å²) in [6.45, 7) is 6.21. The van der Waals surface area contributed by atoms with Crippen molar-refractivity contribution < 1.29 is 9.90 Å². The summed E-state index contributed by atoms with van der Waals surface area (Å²) in [5.74, 6) is -0.913. The summed E-state index contributed by atoms with van der Waals surface area (Å²) in [6.07, 6.45) is 2.94. The first-order chi connectivity index (χ1) is 8.32. The Labute approximate surface area is 109 Å². The Morgan fingerprint density at radius 1 is 1.22 bits per heavy atom. The van der Waals surface area contributed by atoms with Gasteiger partial charge in [0.25, 0.3) is 0 Å². The van der Waals surface area contributed by atoms with Crippen LogP contribution in [-0.4, -0.2) is 30.1 Å². The van der Waals surface area contributed by atoms with Crippen LogP contribution in [0.4, 0.5) is 0 Å². The molecule has 0 radical (unpaired) electrons. The van der Waals surface area contributed by atoms with Crippen molar-refractivity contribution in [1.29, 1.82) is 0 Å². The molecule has 0 saturated heterocycles.